The lowest BCUT2D eigenvalue weighted by Crippen LogP contribution is -2.23. The van der Waals surface area contributed by atoms with E-state index >= 15 is 0 Å². The van der Waals surface area contributed by atoms with Gasteiger partial charge in [-0.25, -0.2) is 14.1 Å². The van der Waals surface area contributed by atoms with E-state index in [1.165, 1.54) is 16.3 Å². The maximum Gasteiger partial charge on any atom is 0.248 e. The highest BCUT2D eigenvalue weighted by molar-refractivity contribution is 6.08. The lowest BCUT2D eigenvalue weighted by atomic mass is 10.2. The second-order valence-electron chi connectivity index (χ2n) is 6.23. The molecule has 3 heterocycles. The summed E-state index contributed by atoms with van der Waals surface area (Å²) in [5.74, 6) is 0. The summed E-state index contributed by atoms with van der Waals surface area (Å²) in [6, 6.07) is 21.1. The van der Waals surface area contributed by atoms with Gasteiger partial charge in [-0.2, -0.15) is 0 Å². The van der Waals surface area contributed by atoms with E-state index < -0.39 is 0 Å². The Labute approximate surface area is 145 Å². The average Bonchev–Trinajstić information content (AvgIpc) is 3.23. The molecule has 4 heteroatoms. The molecule has 0 saturated carbocycles. The van der Waals surface area contributed by atoms with E-state index in [1.54, 1.807) is 0 Å². The van der Waals surface area contributed by atoms with Crippen molar-refractivity contribution in [3.63, 3.8) is 0 Å². The Morgan fingerprint density at radius 1 is 0.880 bits per heavy atom. The summed E-state index contributed by atoms with van der Waals surface area (Å²) in [5, 5.41) is 2.38. The van der Waals surface area contributed by atoms with Crippen LogP contribution < -0.4 is 4.57 Å². The number of pyridine rings is 1. The summed E-state index contributed by atoms with van der Waals surface area (Å²) in [6.45, 7) is 0. The minimum atomic E-state index is 0.985. The van der Waals surface area contributed by atoms with Crippen molar-refractivity contribution in [1.82, 2.24) is 14.1 Å². The number of rotatable bonds is 2. The summed E-state index contributed by atoms with van der Waals surface area (Å²) in [5.41, 5.74) is 4.42. The highest BCUT2D eigenvalue weighted by Crippen LogP contribution is 2.31. The first kappa shape index (κ1) is 14.0. The topological polar surface area (TPSA) is 26.6 Å². The highest BCUT2D eigenvalue weighted by atomic mass is 15.1. The van der Waals surface area contributed by atoms with Gasteiger partial charge >= 0.3 is 0 Å². The molecule has 5 aromatic rings. The van der Waals surface area contributed by atoms with E-state index in [4.69, 9.17) is 0 Å². The van der Waals surface area contributed by atoms with Gasteiger partial charge in [-0.15, -0.1) is 0 Å². The van der Waals surface area contributed by atoms with Crippen LogP contribution in [-0.4, -0.2) is 14.1 Å². The summed E-state index contributed by atoms with van der Waals surface area (Å²) >= 11 is 0. The first-order valence-corrected chi connectivity index (χ1v) is 8.29. The fraction of sp³-hybridized carbons (Fsp3) is 0.0476. The van der Waals surface area contributed by atoms with Gasteiger partial charge in [0.2, 0.25) is 6.33 Å². The average molecular weight is 325 g/mol. The SMILES string of the molecule is C[n+]1ccn(-c2ccc3c(c2)c2cccnc2n3-c2ccccc2)c1. The van der Waals surface area contributed by atoms with Crippen LogP contribution in [0.2, 0.25) is 0 Å². The van der Waals surface area contributed by atoms with Crippen LogP contribution in [0.4, 0.5) is 0 Å². The van der Waals surface area contributed by atoms with E-state index in [9.17, 15) is 0 Å². The third-order valence-corrected chi connectivity index (χ3v) is 4.59. The van der Waals surface area contributed by atoms with Gasteiger partial charge in [0, 0.05) is 22.7 Å². The quantitative estimate of drug-likeness (QED) is 0.454. The first-order valence-electron chi connectivity index (χ1n) is 8.29. The van der Waals surface area contributed by atoms with Gasteiger partial charge in [-0.05, 0) is 42.5 Å². The number of para-hydroxylation sites is 1. The minimum Gasteiger partial charge on any atom is -0.294 e. The maximum atomic E-state index is 4.65. The summed E-state index contributed by atoms with van der Waals surface area (Å²) in [4.78, 5) is 4.65. The van der Waals surface area contributed by atoms with Crippen LogP contribution in [-0.2, 0) is 7.05 Å². The number of aryl methyl sites for hydroxylation is 1. The molecule has 0 N–H and O–H groups in total. The Hall–Kier alpha value is -3.40. The molecule has 5 rings (SSSR count). The summed E-state index contributed by atoms with van der Waals surface area (Å²) in [6.07, 6.45) is 8.03. The van der Waals surface area contributed by atoms with Crippen molar-refractivity contribution in [3.05, 3.63) is 85.6 Å². The monoisotopic (exact) mass is 325 g/mol. The van der Waals surface area contributed by atoms with E-state index in [-0.39, 0.29) is 0 Å². The molecule has 0 bridgehead atoms. The van der Waals surface area contributed by atoms with Gasteiger partial charge in [0.25, 0.3) is 0 Å². The van der Waals surface area contributed by atoms with E-state index in [1.807, 2.05) is 36.1 Å². The molecule has 0 radical (unpaired) electrons. The molecule has 0 aliphatic rings. The zero-order valence-corrected chi connectivity index (χ0v) is 13.9. The van der Waals surface area contributed by atoms with Gasteiger partial charge in [0.1, 0.15) is 23.7 Å². The van der Waals surface area contributed by atoms with Gasteiger partial charge in [0.15, 0.2) is 0 Å². The number of aromatic nitrogens is 4. The van der Waals surface area contributed by atoms with Crippen LogP contribution in [0.25, 0.3) is 33.3 Å². The highest BCUT2D eigenvalue weighted by Gasteiger charge is 2.15. The van der Waals surface area contributed by atoms with Crippen molar-refractivity contribution >= 4 is 21.9 Å². The molecule has 4 nitrogen and oxygen atoms in total. The maximum absolute atomic E-state index is 4.65. The fourth-order valence-electron chi connectivity index (χ4n) is 3.44. The molecule has 0 aliphatic carbocycles. The molecule has 25 heavy (non-hydrogen) atoms. The number of fused-ring (bicyclic) bond motifs is 3. The molecule has 0 fully saturated rings. The Kier molecular flexibility index (Phi) is 2.97. The number of hydrogen-bond donors (Lipinski definition) is 0. The first-order chi connectivity index (χ1) is 12.3. The number of benzene rings is 2. The zero-order valence-electron chi connectivity index (χ0n) is 13.9. The van der Waals surface area contributed by atoms with Gasteiger partial charge in [-0.1, -0.05) is 18.2 Å². The van der Waals surface area contributed by atoms with E-state index in [2.05, 4.69) is 75.2 Å². The van der Waals surface area contributed by atoms with Crippen molar-refractivity contribution in [3.8, 4) is 11.4 Å². The van der Waals surface area contributed by atoms with Crippen molar-refractivity contribution < 1.29 is 4.57 Å². The van der Waals surface area contributed by atoms with E-state index in [0.29, 0.717) is 0 Å². The smallest absolute Gasteiger partial charge is 0.248 e. The third-order valence-electron chi connectivity index (χ3n) is 4.59. The third kappa shape index (κ3) is 2.15. The molecule has 0 aliphatic heterocycles. The molecule has 120 valence electrons. The van der Waals surface area contributed by atoms with Crippen LogP contribution >= 0.6 is 0 Å². The number of hydrogen-bond acceptors (Lipinski definition) is 1. The molecular formula is C21H17N4+. The van der Waals surface area contributed by atoms with Gasteiger partial charge in [-0.3, -0.25) is 4.57 Å². The molecule has 0 amide bonds. The van der Waals surface area contributed by atoms with Crippen molar-refractivity contribution in [2.45, 2.75) is 0 Å². The van der Waals surface area contributed by atoms with Crippen LogP contribution in [0.3, 0.4) is 0 Å². The number of nitrogens with zero attached hydrogens (tertiary/aromatic N) is 4. The predicted octanol–water partition coefficient (Wildman–Crippen LogP) is 3.79. The van der Waals surface area contributed by atoms with Crippen LogP contribution in [0, 0.1) is 0 Å². The largest absolute Gasteiger partial charge is 0.294 e. The predicted molar refractivity (Wildman–Crippen MR) is 99.1 cm³/mol. The van der Waals surface area contributed by atoms with Crippen LogP contribution in [0.15, 0.2) is 85.6 Å². The fourth-order valence-corrected chi connectivity index (χ4v) is 3.44. The van der Waals surface area contributed by atoms with Crippen molar-refractivity contribution in [2.24, 2.45) is 7.05 Å². The second-order valence-corrected chi connectivity index (χ2v) is 6.23. The molecule has 2 aromatic carbocycles. The summed E-state index contributed by atoms with van der Waals surface area (Å²) < 4.78 is 6.39. The van der Waals surface area contributed by atoms with E-state index in [0.717, 1.165) is 17.0 Å². The summed E-state index contributed by atoms with van der Waals surface area (Å²) in [7, 11) is 2.03. The Balaban J connectivity index is 1.85. The van der Waals surface area contributed by atoms with Crippen LogP contribution in [0.1, 0.15) is 0 Å². The standard InChI is InChI=1S/C21H17N4/c1-23-12-13-24(15-23)17-9-10-20-19(14-17)18-8-5-11-22-21(18)25(20)16-6-3-2-4-7-16/h2-15H,1H3/q+1. The van der Waals surface area contributed by atoms with Gasteiger partial charge in [0.05, 0.1) is 12.6 Å². The zero-order chi connectivity index (χ0) is 16.8. The number of imidazole rings is 1. The molecule has 0 unspecified atom stereocenters. The second kappa shape index (κ2) is 5.31. The molecule has 0 saturated heterocycles. The van der Waals surface area contributed by atoms with Crippen molar-refractivity contribution in [1.29, 1.82) is 0 Å². The molecular weight excluding hydrogens is 308 g/mol. The van der Waals surface area contributed by atoms with Crippen LogP contribution in [0.5, 0.6) is 0 Å². The Bertz CT molecular complexity index is 1200. The Morgan fingerprint density at radius 2 is 1.76 bits per heavy atom. The molecule has 0 spiro atoms. The minimum absolute atomic E-state index is 0.985. The molecule has 3 aromatic heterocycles. The molecule has 0 atom stereocenters. The normalized spacial score (nSPS) is 11.4. The Morgan fingerprint density at radius 3 is 2.56 bits per heavy atom. The lowest BCUT2D eigenvalue weighted by Gasteiger charge is -2.06. The van der Waals surface area contributed by atoms with Gasteiger partial charge < -0.3 is 0 Å². The lowest BCUT2D eigenvalue weighted by molar-refractivity contribution is -0.670. The van der Waals surface area contributed by atoms with Crippen molar-refractivity contribution in [2.75, 3.05) is 0 Å².